The van der Waals surface area contributed by atoms with Gasteiger partial charge in [0.05, 0.1) is 15.1 Å². The van der Waals surface area contributed by atoms with Crippen LogP contribution in [0.3, 0.4) is 0 Å². The molecule has 112 valence electrons. The summed E-state index contributed by atoms with van der Waals surface area (Å²) in [6.07, 6.45) is 3.07. The number of aromatic nitrogens is 1. The Kier molecular flexibility index (Phi) is 4.97. The first-order valence-electron chi connectivity index (χ1n) is 6.33. The van der Waals surface area contributed by atoms with Crippen molar-refractivity contribution in [3.05, 3.63) is 52.8 Å². The second kappa shape index (κ2) is 6.55. The third-order valence-electron chi connectivity index (χ3n) is 3.14. The minimum absolute atomic E-state index is 0.170. The predicted molar refractivity (Wildman–Crippen MR) is 86.7 cm³/mol. The van der Waals surface area contributed by atoms with E-state index < -0.39 is 10.0 Å². The number of rotatable bonds is 5. The zero-order valence-corrected chi connectivity index (χ0v) is 14.1. The van der Waals surface area contributed by atoms with Crippen molar-refractivity contribution in [2.24, 2.45) is 0 Å². The molecule has 1 unspecified atom stereocenters. The summed E-state index contributed by atoms with van der Waals surface area (Å²) in [5.41, 5.74) is 1.49. The van der Waals surface area contributed by atoms with Crippen LogP contribution in [0.5, 0.6) is 0 Å². The molecule has 0 bridgehead atoms. The monoisotopic (exact) mass is 369 g/mol. The topological polar surface area (TPSA) is 71.1 Å². The van der Waals surface area contributed by atoms with Gasteiger partial charge >= 0.3 is 0 Å². The molecule has 0 aliphatic heterocycles. The minimum Gasteiger partial charge on any atom is -0.313 e. The molecule has 21 heavy (non-hydrogen) atoms. The number of halogens is 1. The molecule has 0 saturated carbocycles. The van der Waals surface area contributed by atoms with Crippen molar-refractivity contribution in [1.82, 2.24) is 10.3 Å². The highest BCUT2D eigenvalue weighted by molar-refractivity contribution is 9.10. The minimum atomic E-state index is -3.61. The number of nitrogens with one attached hydrogen (secondary N) is 2. The van der Waals surface area contributed by atoms with E-state index >= 15 is 0 Å². The fourth-order valence-corrected chi connectivity index (χ4v) is 3.32. The van der Waals surface area contributed by atoms with E-state index in [2.05, 4.69) is 31.0 Å². The summed E-state index contributed by atoms with van der Waals surface area (Å²) >= 11 is 3.26. The molecule has 1 aromatic heterocycles. The average molecular weight is 370 g/mol. The summed E-state index contributed by atoms with van der Waals surface area (Å²) < 4.78 is 27.8. The lowest BCUT2D eigenvalue weighted by Crippen LogP contribution is -2.15. The van der Waals surface area contributed by atoms with Gasteiger partial charge in [-0.3, -0.25) is 9.71 Å². The van der Waals surface area contributed by atoms with Crippen molar-refractivity contribution >= 4 is 31.6 Å². The number of nitrogens with zero attached hydrogens (tertiary/aromatic N) is 1. The van der Waals surface area contributed by atoms with Crippen molar-refractivity contribution in [3.8, 4) is 0 Å². The number of anilines is 1. The first kappa shape index (κ1) is 15.9. The maximum absolute atomic E-state index is 12.3. The second-order valence-corrected chi connectivity index (χ2v) is 7.08. The SMILES string of the molecule is CNC(C)c1ccc(S(=O)(=O)Nc2ccncc2Br)cc1. The molecule has 0 aliphatic rings. The van der Waals surface area contributed by atoms with Gasteiger partial charge in [0.2, 0.25) is 0 Å². The quantitative estimate of drug-likeness (QED) is 0.849. The summed E-state index contributed by atoms with van der Waals surface area (Å²) in [5.74, 6) is 0. The van der Waals surface area contributed by atoms with Crippen molar-refractivity contribution in [2.45, 2.75) is 17.9 Å². The number of benzene rings is 1. The Labute approximate surface area is 133 Å². The molecule has 0 fully saturated rings. The summed E-state index contributed by atoms with van der Waals surface area (Å²) in [5, 5.41) is 3.11. The van der Waals surface area contributed by atoms with Gasteiger partial charge < -0.3 is 5.32 Å². The maximum Gasteiger partial charge on any atom is 0.261 e. The van der Waals surface area contributed by atoms with Crippen LogP contribution in [0.1, 0.15) is 18.5 Å². The summed E-state index contributed by atoms with van der Waals surface area (Å²) in [4.78, 5) is 4.12. The number of sulfonamides is 1. The molecule has 0 radical (unpaired) electrons. The van der Waals surface area contributed by atoms with Crippen LogP contribution in [0.15, 0.2) is 52.1 Å². The van der Waals surface area contributed by atoms with E-state index in [1.54, 1.807) is 30.3 Å². The zero-order valence-electron chi connectivity index (χ0n) is 11.7. The molecule has 1 heterocycles. The first-order chi connectivity index (χ1) is 9.94. The van der Waals surface area contributed by atoms with Gasteiger partial charge in [0.1, 0.15) is 0 Å². The Bertz CT molecular complexity index is 717. The van der Waals surface area contributed by atoms with Crippen LogP contribution in [-0.4, -0.2) is 20.4 Å². The highest BCUT2D eigenvalue weighted by atomic mass is 79.9. The number of hydrogen-bond acceptors (Lipinski definition) is 4. The molecule has 2 rings (SSSR count). The fourth-order valence-electron chi connectivity index (χ4n) is 1.76. The lowest BCUT2D eigenvalue weighted by atomic mass is 10.1. The average Bonchev–Trinajstić information content (AvgIpc) is 2.49. The molecule has 2 aromatic rings. The van der Waals surface area contributed by atoms with Crippen molar-refractivity contribution < 1.29 is 8.42 Å². The van der Waals surface area contributed by atoms with E-state index in [1.165, 1.54) is 12.4 Å². The largest absolute Gasteiger partial charge is 0.313 e. The summed E-state index contributed by atoms with van der Waals surface area (Å²) in [6, 6.07) is 8.57. The van der Waals surface area contributed by atoms with Crippen molar-refractivity contribution in [3.63, 3.8) is 0 Å². The number of pyridine rings is 1. The van der Waals surface area contributed by atoms with Gasteiger partial charge in [-0.2, -0.15) is 0 Å². The van der Waals surface area contributed by atoms with Gasteiger partial charge in [-0.15, -0.1) is 0 Å². The highest BCUT2D eigenvalue weighted by Gasteiger charge is 2.16. The summed E-state index contributed by atoms with van der Waals surface area (Å²) in [7, 11) is -1.75. The number of hydrogen-bond donors (Lipinski definition) is 2. The Morgan fingerprint density at radius 3 is 2.43 bits per heavy atom. The molecule has 0 amide bonds. The van der Waals surface area contributed by atoms with Gasteiger partial charge in [-0.05, 0) is 53.7 Å². The lowest BCUT2D eigenvalue weighted by Gasteiger charge is -2.12. The standard InChI is InChI=1S/C14H16BrN3O2S/c1-10(16-2)11-3-5-12(6-4-11)21(19,20)18-14-7-8-17-9-13(14)15/h3-10,16H,1-2H3,(H,17,18). The Hall–Kier alpha value is -1.44. The van der Waals surface area contributed by atoms with Crippen molar-refractivity contribution in [1.29, 1.82) is 0 Å². The van der Waals surface area contributed by atoms with Gasteiger partial charge in [0.25, 0.3) is 10.0 Å². The zero-order chi connectivity index (χ0) is 15.5. The van der Waals surface area contributed by atoms with Crippen LogP contribution in [0, 0.1) is 0 Å². The van der Waals surface area contributed by atoms with Crippen LogP contribution in [0.25, 0.3) is 0 Å². The lowest BCUT2D eigenvalue weighted by molar-refractivity contribution is 0.601. The summed E-state index contributed by atoms with van der Waals surface area (Å²) in [6.45, 7) is 2.01. The van der Waals surface area contributed by atoms with Gasteiger partial charge in [0.15, 0.2) is 0 Å². The van der Waals surface area contributed by atoms with E-state index in [1.807, 2.05) is 14.0 Å². The van der Waals surface area contributed by atoms with Gasteiger partial charge in [0, 0.05) is 18.4 Å². The van der Waals surface area contributed by atoms with E-state index in [0.29, 0.717) is 10.2 Å². The smallest absolute Gasteiger partial charge is 0.261 e. The third-order valence-corrected chi connectivity index (χ3v) is 5.15. The third kappa shape index (κ3) is 3.81. The Morgan fingerprint density at radius 1 is 1.19 bits per heavy atom. The molecule has 2 N–H and O–H groups in total. The molecule has 5 nitrogen and oxygen atoms in total. The van der Waals surface area contributed by atoms with Crippen LogP contribution in [0.2, 0.25) is 0 Å². The Balaban J connectivity index is 2.26. The molecular formula is C14H16BrN3O2S. The van der Waals surface area contributed by atoms with Gasteiger partial charge in [-0.25, -0.2) is 8.42 Å². The van der Waals surface area contributed by atoms with Gasteiger partial charge in [-0.1, -0.05) is 12.1 Å². The molecule has 0 spiro atoms. The predicted octanol–water partition coefficient (Wildman–Crippen LogP) is 2.93. The van der Waals surface area contributed by atoms with E-state index in [-0.39, 0.29) is 10.9 Å². The first-order valence-corrected chi connectivity index (χ1v) is 8.61. The van der Waals surface area contributed by atoms with Crippen molar-refractivity contribution in [2.75, 3.05) is 11.8 Å². The van der Waals surface area contributed by atoms with Crippen LogP contribution in [0.4, 0.5) is 5.69 Å². The van der Waals surface area contributed by atoms with Crippen LogP contribution < -0.4 is 10.0 Å². The van der Waals surface area contributed by atoms with Crippen LogP contribution >= 0.6 is 15.9 Å². The van der Waals surface area contributed by atoms with Crippen LogP contribution in [-0.2, 0) is 10.0 Å². The van der Waals surface area contributed by atoms with E-state index in [9.17, 15) is 8.42 Å². The fraction of sp³-hybridized carbons (Fsp3) is 0.214. The molecular weight excluding hydrogens is 354 g/mol. The normalized spacial score (nSPS) is 12.9. The molecule has 7 heteroatoms. The highest BCUT2D eigenvalue weighted by Crippen LogP contribution is 2.24. The molecule has 0 aliphatic carbocycles. The Morgan fingerprint density at radius 2 is 1.86 bits per heavy atom. The second-order valence-electron chi connectivity index (χ2n) is 4.54. The van der Waals surface area contributed by atoms with E-state index in [0.717, 1.165) is 5.56 Å². The maximum atomic E-state index is 12.3. The molecule has 1 aromatic carbocycles. The molecule has 0 saturated heterocycles. The van der Waals surface area contributed by atoms with E-state index in [4.69, 9.17) is 0 Å². The molecule has 1 atom stereocenters.